The summed E-state index contributed by atoms with van der Waals surface area (Å²) in [6.45, 7) is 6.54. The molecule has 2 heterocycles. The van der Waals surface area contributed by atoms with Gasteiger partial charge in [-0.15, -0.1) is 0 Å². The standard InChI is InChI=1S/C24H28N2O2S.C24H27NO2S/c1-25(29(27,28)24-14-13-22-11-5-6-12-23(22)16-24)17-21-10-7-15-26(19-21)18-20-8-3-2-4-9-20;26-28(27,24-13-12-22-10-4-5-11-23(22)17-24)16-14-21-9-6-15-25(19-21)18-20-7-2-1-3-8-20/h2-6,8-9,11-14,16,21H,7,10,15,17-19H2,1H3;1-5,7-8,10-13,17,21H,6,9,14-16,18-19H2. The Balaban J connectivity index is 0.000000174. The molecular formula is C48H55N3O4S2. The van der Waals surface area contributed by atoms with Crippen LogP contribution in [0.25, 0.3) is 21.5 Å². The molecule has 2 aliphatic rings. The van der Waals surface area contributed by atoms with Crippen LogP contribution in [0.4, 0.5) is 0 Å². The van der Waals surface area contributed by atoms with Crippen molar-refractivity contribution in [2.24, 2.45) is 11.8 Å². The lowest BCUT2D eigenvalue weighted by Gasteiger charge is -2.34. The van der Waals surface area contributed by atoms with E-state index in [0.717, 1.165) is 92.9 Å². The van der Waals surface area contributed by atoms with Gasteiger partial charge in [0.1, 0.15) is 0 Å². The number of hydrogen-bond acceptors (Lipinski definition) is 6. The highest BCUT2D eigenvalue weighted by molar-refractivity contribution is 7.91. The molecule has 0 N–H and O–H groups in total. The number of sulfonamides is 1. The van der Waals surface area contributed by atoms with Gasteiger partial charge in [-0.05, 0) is 114 Å². The number of likely N-dealkylation sites (tertiary alicyclic amines) is 2. The SMILES string of the molecule is CN(CC1CCCN(Cc2ccccc2)C1)S(=O)(=O)c1ccc2ccccc2c1.O=S(=O)(CCC1CCCN(Cc2ccccc2)C1)c1ccc2ccccc2c1. The van der Waals surface area contributed by atoms with Gasteiger partial charge < -0.3 is 0 Å². The van der Waals surface area contributed by atoms with Gasteiger partial charge in [0.2, 0.25) is 10.0 Å². The fraction of sp³-hybridized carbons (Fsp3) is 0.333. The van der Waals surface area contributed by atoms with Crippen LogP contribution < -0.4 is 0 Å². The molecule has 0 spiro atoms. The van der Waals surface area contributed by atoms with Gasteiger partial charge in [0, 0.05) is 39.8 Å². The maximum absolute atomic E-state index is 13.1. The van der Waals surface area contributed by atoms with Crippen molar-refractivity contribution < 1.29 is 16.8 Å². The van der Waals surface area contributed by atoms with Gasteiger partial charge in [-0.2, -0.15) is 0 Å². The molecule has 2 fully saturated rings. The number of piperidine rings is 2. The van der Waals surface area contributed by atoms with Crippen LogP contribution in [0.1, 0.15) is 43.2 Å². The van der Waals surface area contributed by atoms with Crippen molar-refractivity contribution in [3.8, 4) is 0 Å². The summed E-state index contributed by atoms with van der Waals surface area (Å²) in [5.41, 5.74) is 2.64. The lowest BCUT2D eigenvalue weighted by atomic mass is 9.95. The Hall–Kier alpha value is -4.38. The Morgan fingerprint density at radius 1 is 0.544 bits per heavy atom. The second-order valence-electron chi connectivity index (χ2n) is 15.9. The first kappa shape index (κ1) is 40.8. The highest BCUT2D eigenvalue weighted by atomic mass is 32.2. The maximum atomic E-state index is 13.1. The topological polar surface area (TPSA) is 78.0 Å². The Bertz CT molecular complexity index is 2440. The Morgan fingerprint density at radius 2 is 1.00 bits per heavy atom. The van der Waals surface area contributed by atoms with Crippen LogP contribution in [0.5, 0.6) is 0 Å². The molecule has 0 radical (unpaired) electrons. The molecule has 2 aliphatic heterocycles. The molecule has 2 atom stereocenters. The van der Waals surface area contributed by atoms with Crippen molar-refractivity contribution in [2.45, 2.75) is 55.0 Å². The molecular weight excluding hydrogens is 747 g/mol. The zero-order valence-corrected chi connectivity index (χ0v) is 34.6. The molecule has 6 aromatic carbocycles. The summed E-state index contributed by atoms with van der Waals surface area (Å²) < 4.78 is 53.6. The van der Waals surface area contributed by atoms with Gasteiger partial charge in [-0.3, -0.25) is 9.80 Å². The van der Waals surface area contributed by atoms with Crippen molar-refractivity contribution in [2.75, 3.05) is 45.5 Å². The first-order valence-corrected chi connectivity index (χ1v) is 23.4. The Kier molecular flexibility index (Phi) is 13.5. The van der Waals surface area contributed by atoms with E-state index < -0.39 is 19.9 Å². The van der Waals surface area contributed by atoms with Crippen LogP contribution in [0.2, 0.25) is 0 Å². The average Bonchev–Trinajstić information content (AvgIpc) is 3.24. The molecule has 298 valence electrons. The fourth-order valence-electron chi connectivity index (χ4n) is 8.43. The van der Waals surface area contributed by atoms with E-state index in [1.54, 1.807) is 25.2 Å². The normalized spacial score (nSPS) is 18.4. The number of benzene rings is 6. The van der Waals surface area contributed by atoms with E-state index in [1.165, 1.54) is 15.4 Å². The van der Waals surface area contributed by atoms with Crippen molar-refractivity contribution >= 4 is 41.4 Å². The van der Waals surface area contributed by atoms with Crippen molar-refractivity contribution in [1.29, 1.82) is 0 Å². The number of nitrogens with zero attached hydrogens (tertiary/aromatic N) is 3. The highest BCUT2D eigenvalue weighted by Crippen LogP contribution is 2.27. The summed E-state index contributed by atoms with van der Waals surface area (Å²) >= 11 is 0. The maximum Gasteiger partial charge on any atom is 0.242 e. The minimum atomic E-state index is -3.49. The molecule has 0 aliphatic carbocycles. The summed E-state index contributed by atoms with van der Waals surface area (Å²) in [7, 11) is -5.03. The molecule has 6 aromatic rings. The summed E-state index contributed by atoms with van der Waals surface area (Å²) in [5, 5.41) is 4.06. The van der Waals surface area contributed by atoms with Gasteiger partial charge in [0.15, 0.2) is 9.84 Å². The van der Waals surface area contributed by atoms with Crippen LogP contribution in [-0.4, -0.2) is 76.5 Å². The van der Waals surface area contributed by atoms with E-state index in [1.807, 2.05) is 78.9 Å². The molecule has 9 heteroatoms. The second kappa shape index (κ2) is 18.9. The minimum absolute atomic E-state index is 0.231. The lowest BCUT2D eigenvalue weighted by molar-refractivity contribution is 0.155. The third kappa shape index (κ3) is 11.0. The minimum Gasteiger partial charge on any atom is -0.299 e. The largest absolute Gasteiger partial charge is 0.299 e. The van der Waals surface area contributed by atoms with Crippen molar-refractivity contribution in [3.63, 3.8) is 0 Å². The number of fused-ring (bicyclic) bond motifs is 2. The molecule has 8 rings (SSSR count). The molecule has 2 unspecified atom stereocenters. The molecule has 7 nitrogen and oxygen atoms in total. The summed E-state index contributed by atoms with van der Waals surface area (Å²) in [6.07, 6.45) is 5.19. The Labute approximate surface area is 339 Å². The molecule has 57 heavy (non-hydrogen) atoms. The van der Waals surface area contributed by atoms with Gasteiger partial charge in [-0.1, -0.05) is 121 Å². The quantitative estimate of drug-likeness (QED) is 0.123. The third-order valence-corrected chi connectivity index (χ3v) is 15.1. The summed E-state index contributed by atoms with van der Waals surface area (Å²) in [6, 6.07) is 47.6. The van der Waals surface area contributed by atoms with E-state index in [4.69, 9.17) is 0 Å². The Morgan fingerprint density at radius 3 is 1.56 bits per heavy atom. The lowest BCUT2D eigenvalue weighted by Crippen LogP contribution is -2.41. The second-order valence-corrected chi connectivity index (χ2v) is 20.0. The van der Waals surface area contributed by atoms with E-state index in [2.05, 4.69) is 58.3 Å². The van der Waals surface area contributed by atoms with Crippen molar-refractivity contribution in [3.05, 3.63) is 157 Å². The van der Waals surface area contributed by atoms with Gasteiger partial charge in [0.05, 0.1) is 15.5 Å². The predicted octanol–water partition coefficient (Wildman–Crippen LogP) is 9.29. The van der Waals surface area contributed by atoms with E-state index >= 15 is 0 Å². The van der Waals surface area contributed by atoms with Crippen molar-refractivity contribution in [1.82, 2.24) is 14.1 Å². The first-order valence-electron chi connectivity index (χ1n) is 20.3. The van der Waals surface area contributed by atoms with E-state index in [9.17, 15) is 16.8 Å². The van der Waals surface area contributed by atoms with Crippen LogP contribution in [0, 0.1) is 11.8 Å². The van der Waals surface area contributed by atoms with Crippen LogP contribution in [0.15, 0.2) is 155 Å². The highest BCUT2D eigenvalue weighted by Gasteiger charge is 2.28. The molecule has 0 aromatic heterocycles. The van der Waals surface area contributed by atoms with E-state index in [-0.39, 0.29) is 5.75 Å². The summed E-state index contributed by atoms with van der Waals surface area (Å²) in [5.74, 6) is 1.04. The van der Waals surface area contributed by atoms with Crippen LogP contribution in [-0.2, 0) is 33.0 Å². The first-order chi connectivity index (χ1) is 27.6. The molecule has 2 saturated heterocycles. The monoisotopic (exact) mass is 801 g/mol. The molecule has 0 saturated carbocycles. The fourth-order valence-corrected chi connectivity index (χ4v) is 11.2. The third-order valence-electron chi connectivity index (χ3n) is 11.5. The number of sulfone groups is 1. The van der Waals surface area contributed by atoms with Crippen LogP contribution in [0.3, 0.4) is 0 Å². The molecule has 0 bridgehead atoms. The summed E-state index contributed by atoms with van der Waals surface area (Å²) in [4.78, 5) is 5.73. The number of hydrogen-bond donors (Lipinski definition) is 0. The van der Waals surface area contributed by atoms with Gasteiger partial charge in [0.25, 0.3) is 0 Å². The van der Waals surface area contributed by atoms with Gasteiger partial charge >= 0.3 is 0 Å². The zero-order valence-electron chi connectivity index (χ0n) is 33.0. The smallest absolute Gasteiger partial charge is 0.242 e. The average molecular weight is 802 g/mol. The zero-order chi connectivity index (χ0) is 39.7. The predicted molar refractivity (Wildman–Crippen MR) is 233 cm³/mol. The van der Waals surface area contributed by atoms with Gasteiger partial charge in [-0.25, -0.2) is 21.1 Å². The van der Waals surface area contributed by atoms with E-state index in [0.29, 0.717) is 28.2 Å². The number of rotatable bonds is 12. The molecule has 0 amide bonds. The van der Waals surface area contributed by atoms with Crippen LogP contribution >= 0.6 is 0 Å².